The number of carbonyl (C=O) groups is 2. The van der Waals surface area contributed by atoms with Crippen molar-refractivity contribution in [3.8, 4) is 5.75 Å². The van der Waals surface area contributed by atoms with Gasteiger partial charge in [0.2, 0.25) is 5.75 Å². The molecule has 0 heterocycles. The Morgan fingerprint density at radius 3 is 2.30 bits per heavy atom. The van der Waals surface area contributed by atoms with Crippen LogP contribution in [0.5, 0.6) is 5.75 Å². The Balaban J connectivity index is 1.79. The van der Waals surface area contributed by atoms with Gasteiger partial charge in [0.25, 0.3) is 5.91 Å². The van der Waals surface area contributed by atoms with Gasteiger partial charge in [0, 0.05) is 5.69 Å². The fraction of sp³-hybridized carbons (Fsp3) is 0.200. The number of hydrogen-bond acceptors (Lipinski definition) is 6. The molecule has 8 nitrogen and oxygen atoms in total. The van der Waals surface area contributed by atoms with Crippen molar-refractivity contribution in [3.05, 3.63) is 99.1 Å². The normalized spacial score (nSPS) is 10.4. The highest BCUT2D eigenvalue weighted by Crippen LogP contribution is 2.35. The SMILES string of the molecule is CCOC(=O)Cc1ccc(NC(=O)c2ccc(C)c(OCc3ccccc3)c2[N+](=O)[O-])cc1. The van der Waals surface area contributed by atoms with Crippen molar-refractivity contribution in [2.75, 3.05) is 11.9 Å². The number of carbonyl (C=O) groups excluding carboxylic acids is 2. The zero-order valence-electron chi connectivity index (χ0n) is 18.4. The molecule has 0 aromatic heterocycles. The molecular formula is C25H24N2O6. The molecule has 8 heteroatoms. The molecule has 0 fully saturated rings. The molecule has 0 aliphatic heterocycles. The predicted molar refractivity (Wildman–Crippen MR) is 123 cm³/mol. The lowest BCUT2D eigenvalue weighted by atomic mass is 10.1. The maximum absolute atomic E-state index is 12.9. The summed E-state index contributed by atoms with van der Waals surface area (Å²) in [6.45, 7) is 3.87. The molecule has 0 spiro atoms. The molecule has 3 aromatic rings. The summed E-state index contributed by atoms with van der Waals surface area (Å²) < 4.78 is 10.7. The van der Waals surface area contributed by atoms with Crippen LogP contribution >= 0.6 is 0 Å². The Bertz CT molecular complexity index is 1140. The van der Waals surface area contributed by atoms with Crippen molar-refractivity contribution in [2.24, 2.45) is 0 Å². The van der Waals surface area contributed by atoms with Gasteiger partial charge in [-0.15, -0.1) is 0 Å². The molecule has 0 bridgehead atoms. The minimum Gasteiger partial charge on any atom is -0.482 e. The zero-order valence-corrected chi connectivity index (χ0v) is 18.4. The predicted octanol–water partition coefficient (Wildman–Crippen LogP) is 4.84. The van der Waals surface area contributed by atoms with Crippen molar-refractivity contribution >= 4 is 23.3 Å². The van der Waals surface area contributed by atoms with E-state index in [1.165, 1.54) is 6.07 Å². The Morgan fingerprint density at radius 1 is 0.970 bits per heavy atom. The number of amides is 1. The van der Waals surface area contributed by atoms with Crippen molar-refractivity contribution in [1.82, 2.24) is 0 Å². The molecule has 170 valence electrons. The number of nitrogens with one attached hydrogen (secondary N) is 1. The summed E-state index contributed by atoms with van der Waals surface area (Å²) in [5.74, 6) is -0.918. The number of benzene rings is 3. The first-order chi connectivity index (χ1) is 15.9. The third-order valence-corrected chi connectivity index (χ3v) is 4.85. The molecule has 0 atom stereocenters. The van der Waals surface area contributed by atoms with E-state index in [1.807, 2.05) is 30.3 Å². The lowest BCUT2D eigenvalue weighted by molar-refractivity contribution is -0.386. The van der Waals surface area contributed by atoms with Gasteiger partial charge in [0.1, 0.15) is 12.2 Å². The molecule has 0 unspecified atom stereocenters. The number of ether oxygens (including phenoxy) is 2. The molecule has 33 heavy (non-hydrogen) atoms. The Labute approximate surface area is 191 Å². The number of rotatable bonds is 9. The van der Waals surface area contributed by atoms with Gasteiger partial charge in [-0.2, -0.15) is 0 Å². The highest BCUT2D eigenvalue weighted by Gasteiger charge is 2.28. The van der Waals surface area contributed by atoms with Crippen molar-refractivity contribution < 1.29 is 24.0 Å². The van der Waals surface area contributed by atoms with Crippen LogP contribution in [0.25, 0.3) is 0 Å². The number of anilines is 1. The van der Waals surface area contributed by atoms with Crippen molar-refractivity contribution in [3.63, 3.8) is 0 Å². The number of hydrogen-bond donors (Lipinski definition) is 1. The largest absolute Gasteiger partial charge is 0.482 e. The van der Waals surface area contributed by atoms with Gasteiger partial charge in [-0.3, -0.25) is 19.7 Å². The second kappa shape index (κ2) is 10.9. The van der Waals surface area contributed by atoms with Crippen LogP contribution in [-0.4, -0.2) is 23.4 Å². The quantitative estimate of drug-likeness (QED) is 0.285. The van der Waals surface area contributed by atoms with Gasteiger partial charge in [0.05, 0.1) is 18.0 Å². The Hall–Kier alpha value is -4.20. The molecule has 0 aliphatic carbocycles. The highest BCUT2D eigenvalue weighted by atomic mass is 16.6. The first kappa shape index (κ1) is 23.5. The van der Waals surface area contributed by atoms with E-state index in [4.69, 9.17) is 9.47 Å². The number of esters is 1. The zero-order chi connectivity index (χ0) is 23.8. The third-order valence-electron chi connectivity index (χ3n) is 4.85. The maximum atomic E-state index is 12.9. The fourth-order valence-corrected chi connectivity index (χ4v) is 3.23. The summed E-state index contributed by atoms with van der Waals surface area (Å²) in [6.07, 6.45) is 0.119. The average molecular weight is 448 g/mol. The van der Waals surface area contributed by atoms with Gasteiger partial charge in [-0.05, 0) is 48.7 Å². The van der Waals surface area contributed by atoms with E-state index in [0.717, 1.165) is 11.1 Å². The molecule has 0 radical (unpaired) electrons. The molecule has 3 rings (SSSR count). The van der Waals surface area contributed by atoms with Gasteiger partial charge in [-0.1, -0.05) is 48.5 Å². The first-order valence-corrected chi connectivity index (χ1v) is 10.4. The van der Waals surface area contributed by atoms with Crippen LogP contribution in [-0.2, 0) is 22.6 Å². The Morgan fingerprint density at radius 2 is 1.67 bits per heavy atom. The van der Waals surface area contributed by atoms with Crippen LogP contribution in [0.3, 0.4) is 0 Å². The summed E-state index contributed by atoms with van der Waals surface area (Å²) in [7, 11) is 0. The average Bonchev–Trinajstić information content (AvgIpc) is 2.80. The monoisotopic (exact) mass is 448 g/mol. The van der Waals surface area contributed by atoms with Crippen LogP contribution < -0.4 is 10.1 Å². The number of nitrogens with zero attached hydrogens (tertiary/aromatic N) is 1. The van der Waals surface area contributed by atoms with Crippen LogP contribution in [0.15, 0.2) is 66.7 Å². The summed E-state index contributed by atoms with van der Waals surface area (Å²) >= 11 is 0. The van der Waals surface area contributed by atoms with Crippen LogP contribution in [0.2, 0.25) is 0 Å². The molecule has 0 saturated carbocycles. The molecule has 0 aliphatic rings. The molecule has 0 saturated heterocycles. The summed E-state index contributed by atoms with van der Waals surface area (Å²) in [5.41, 5.74) is 2.08. The smallest absolute Gasteiger partial charge is 0.323 e. The van der Waals surface area contributed by atoms with Crippen molar-refractivity contribution in [1.29, 1.82) is 0 Å². The third kappa shape index (κ3) is 6.16. The Kier molecular flexibility index (Phi) is 7.75. The van der Waals surface area contributed by atoms with Gasteiger partial charge in [0.15, 0.2) is 0 Å². The van der Waals surface area contributed by atoms with Crippen LogP contribution in [0.4, 0.5) is 11.4 Å². The number of nitro groups is 1. The molecule has 3 aromatic carbocycles. The minimum absolute atomic E-state index is 0.0567. The van der Waals surface area contributed by atoms with Crippen molar-refractivity contribution in [2.45, 2.75) is 26.9 Å². The summed E-state index contributed by atoms with van der Waals surface area (Å²) in [6, 6.07) is 18.9. The van der Waals surface area contributed by atoms with Gasteiger partial charge in [-0.25, -0.2) is 0 Å². The van der Waals surface area contributed by atoms with E-state index in [0.29, 0.717) is 17.9 Å². The van der Waals surface area contributed by atoms with E-state index >= 15 is 0 Å². The number of nitro benzene ring substituents is 1. The van der Waals surface area contributed by atoms with E-state index in [2.05, 4.69) is 5.32 Å². The fourth-order valence-electron chi connectivity index (χ4n) is 3.23. The second-order valence-electron chi connectivity index (χ2n) is 7.27. The van der Waals surface area contributed by atoms with Crippen LogP contribution in [0, 0.1) is 17.0 Å². The maximum Gasteiger partial charge on any atom is 0.323 e. The topological polar surface area (TPSA) is 108 Å². The second-order valence-corrected chi connectivity index (χ2v) is 7.27. The van der Waals surface area contributed by atoms with E-state index in [1.54, 1.807) is 44.2 Å². The van der Waals surface area contributed by atoms with Crippen LogP contribution in [0.1, 0.15) is 34.0 Å². The van der Waals surface area contributed by atoms with E-state index in [9.17, 15) is 19.7 Å². The highest BCUT2D eigenvalue weighted by molar-refractivity contribution is 6.07. The molecule has 1 amide bonds. The summed E-state index contributed by atoms with van der Waals surface area (Å²) in [4.78, 5) is 35.7. The van der Waals surface area contributed by atoms with E-state index < -0.39 is 10.8 Å². The molecular weight excluding hydrogens is 424 g/mol. The van der Waals surface area contributed by atoms with E-state index in [-0.39, 0.29) is 36.0 Å². The lowest BCUT2D eigenvalue weighted by Crippen LogP contribution is -2.15. The summed E-state index contributed by atoms with van der Waals surface area (Å²) in [5, 5.41) is 14.5. The van der Waals surface area contributed by atoms with Gasteiger partial charge >= 0.3 is 11.7 Å². The minimum atomic E-state index is -0.635. The first-order valence-electron chi connectivity index (χ1n) is 10.4. The number of aryl methyl sites for hydroxylation is 1. The lowest BCUT2D eigenvalue weighted by Gasteiger charge is -2.13. The standard InChI is InChI=1S/C25H24N2O6/c1-3-32-22(28)15-18-10-12-20(13-11-18)26-25(29)21-14-9-17(2)24(23(21)27(30)31)33-16-19-7-5-4-6-8-19/h4-14H,3,15-16H2,1-2H3,(H,26,29). The molecule has 1 N–H and O–H groups in total. The van der Waals surface area contributed by atoms with Gasteiger partial charge < -0.3 is 14.8 Å².